The molecule has 1 aliphatic carbocycles. The van der Waals surface area contributed by atoms with Gasteiger partial charge in [-0.05, 0) is 50.3 Å². The van der Waals surface area contributed by atoms with Crippen molar-refractivity contribution < 1.29 is 9.59 Å². The molecule has 5 nitrogen and oxygen atoms in total. The zero-order valence-electron chi connectivity index (χ0n) is 14.0. The van der Waals surface area contributed by atoms with E-state index in [9.17, 15) is 9.59 Å². The number of anilines is 1. The molecule has 3 atom stereocenters. The van der Waals surface area contributed by atoms with Crippen LogP contribution in [0.2, 0.25) is 0 Å². The third-order valence-electron chi connectivity index (χ3n) is 5.09. The van der Waals surface area contributed by atoms with Gasteiger partial charge in [-0.25, -0.2) is 0 Å². The predicted molar refractivity (Wildman–Crippen MR) is 91.0 cm³/mol. The molecule has 1 aromatic carbocycles. The fraction of sp³-hybridized carbons (Fsp3) is 0.526. The van der Waals surface area contributed by atoms with Gasteiger partial charge in [-0.2, -0.15) is 5.26 Å². The number of hydrogen-bond donors (Lipinski definition) is 1. The standard InChI is InChI=1S/C19H23N3O2/c1-2-15-8-3-4-9-22(15)19(24)17-11-16(17)18(23)21-14-7-5-6-13(10-14)12-20/h5-7,10,15-17H,2-4,8-9,11H2,1H3,(H,21,23). The first kappa shape index (κ1) is 16.5. The number of hydrogen-bond acceptors (Lipinski definition) is 3. The first-order valence-corrected chi connectivity index (χ1v) is 8.75. The van der Waals surface area contributed by atoms with Crippen LogP contribution in [0.4, 0.5) is 5.69 Å². The lowest BCUT2D eigenvalue weighted by atomic mass is 9.99. The maximum atomic E-state index is 12.7. The summed E-state index contributed by atoms with van der Waals surface area (Å²) in [6.45, 7) is 2.95. The van der Waals surface area contributed by atoms with Crippen LogP contribution in [0.15, 0.2) is 24.3 Å². The molecular weight excluding hydrogens is 302 g/mol. The first-order valence-electron chi connectivity index (χ1n) is 8.75. The molecule has 2 fully saturated rings. The highest BCUT2D eigenvalue weighted by Crippen LogP contribution is 2.42. The minimum Gasteiger partial charge on any atom is -0.339 e. The van der Waals surface area contributed by atoms with Crippen molar-refractivity contribution in [2.24, 2.45) is 11.8 Å². The maximum absolute atomic E-state index is 12.7. The largest absolute Gasteiger partial charge is 0.339 e. The van der Waals surface area contributed by atoms with E-state index in [1.54, 1.807) is 24.3 Å². The maximum Gasteiger partial charge on any atom is 0.228 e. The summed E-state index contributed by atoms with van der Waals surface area (Å²) in [5.74, 6) is -0.375. The Morgan fingerprint density at radius 1 is 1.33 bits per heavy atom. The molecule has 0 bridgehead atoms. The van der Waals surface area contributed by atoms with Crippen LogP contribution in [0.3, 0.4) is 0 Å². The minimum absolute atomic E-state index is 0.117. The van der Waals surface area contributed by atoms with Crippen LogP contribution in [0.1, 0.15) is 44.6 Å². The molecule has 1 aliphatic heterocycles. The highest BCUT2D eigenvalue weighted by atomic mass is 16.2. The molecule has 0 aromatic heterocycles. The summed E-state index contributed by atoms with van der Waals surface area (Å²) in [7, 11) is 0. The zero-order chi connectivity index (χ0) is 17.1. The van der Waals surface area contributed by atoms with Gasteiger partial charge in [-0.3, -0.25) is 9.59 Å². The van der Waals surface area contributed by atoms with Gasteiger partial charge >= 0.3 is 0 Å². The van der Waals surface area contributed by atoms with Crippen LogP contribution < -0.4 is 5.32 Å². The second-order valence-electron chi connectivity index (χ2n) is 6.72. The van der Waals surface area contributed by atoms with E-state index in [4.69, 9.17) is 5.26 Å². The molecule has 24 heavy (non-hydrogen) atoms. The number of nitrogens with zero attached hydrogens (tertiary/aromatic N) is 2. The van der Waals surface area contributed by atoms with Crippen LogP contribution in [0, 0.1) is 23.2 Å². The molecule has 126 valence electrons. The van der Waals surface area contributed by atoms with Crippen molar-refractivity contribution in [2.75, 3.05) is 11.9 Å². The lowest BCUT2D eigenvalue weighted by Crippen LogP contribution is -2.44. The lowest BCUT2D eigenvalue weighted by Gasteiger charge is -2.35. The SMILES string of the molecule is CCC1CCCCN1C(=O)C1CC1C(=O)Nc1cccc(C#N)c1. The minimum atomic E-state index is -0.234. The van der Waals surface area contributed by atoms with Gasteiger partial charge in [-0.1, -0.05) is 13.0 Å². The number of likely N-dealkylation sites (tertiary alicyclic amines) is 1. The molecule has 1 saturated carbocycles. The van der Waals surface area contributed by atoms with Gasteiger partial charge < -0.3 is 10.2 Å². The number of benzene rings is 1. The van der Waals surface area contributed by atoms with Gasteiger partial charge in [0.2, 0.25) is 11.8 Å². The van der Waals surface area contributed by atoms with Crippen molar-refractivity contribution >= 4 is 17.5 Å². The van der Waals surface area contributed by atoms with Gasteiger partial charge in [-0.15, -0.1) is 0 Å². The highest BCUT2D eigenvalue weighted by molar-refractivity contribution is 5.99. The fourth-order valence-corrected chi connectivity index (χ4v) is 3.59. The van der Waals surface area contributed by atoms with Gasteiger partial charge in [0.15, 0.2) is 0 Å². The Balaban J connectivity index is 1.59. The summed E-state index contributed by atoms with van der Waals surface area (Å²) < 4.78 is 0. The molecule has 2 amide bonds. The van der Waals surface area contributed by atoms with Crippen LogP contribution in [0.5, 0.6) is 0 Å². The van der Waals surface area contributed by atoms with E-state index in [-0.39, 0.29) is 23.7 Å². The number of piperidine rings is 1. The van der Waals surface area contributed by atoms with Gasteiger partial charge in [0.25, 0.3) is 0 Å². The normalized spacial score (nSPS) is 25.7. The highest BCUT2D eigenvalue weighted by Gasteiger charge is 2.50. The van der Waals surface area contributed by atoms with E-state index in [2.05, 4.69) is 18.3 Å². The molecular formula is C19H23N3O2. The number of nitrogens with one attached hydrogen (secondary N) is 1. The van der Waals surface area contributed by atoms with Crippen molar-refractivity contribution in [3.8, 4) is 6.07 Å². The average Bonchev–Trinajstić information content (AvgIpc) is 3.42. The number of amides is 2. The number of carbonyl (C=O) groups is 2. The lowest BCUT2D eigenvalue weighted by molar-refractivity contribution is -0.137. The monoisotopic (exact) mass is 325 g/mol. The van der Waals surface area contributed by atoms with Gasteiger partial charge in [0.05, 0.1) is 23.5 Å². The van der Waals surface area contributed by atoms with E-state index in [1.165, 1.54) is 6.42 Å². The van der Waals surface area contributed by atoms with Crippen LogP contribution >= 0.6 is 0 Å². The van der Waals surface area contributed by atoms with Crippen molar-refractivity contribution in [2.45, 2.75) is 45.1 Å². The Labute approximate surface area is 142 Å². The molecule has 3 rings (SSSR count). The summed E-state index contributed by atoms with van der Waals surface area (Å²) in [5.41, 5.74) is 1.12. The third-order valence-corrected chi connectivity index (χ3v) is 5.09. The topological polar surface area (TPSA) is 73.2 Å². The predicted octanol–water partition coefficient (Wildman–Crippen LogP) is 2.92. The average molecular weight is 325 g/mol. The quantitative estimate of drug-likeness (QED) is 0.925. The van der Waals surface area contributed by atoms with Crippen LogP contribution in [-0.2, 0) is 9.59 Å². The number of carbonyl (C=O) groups excluding carboxylic acids is 2. The third kappa shape index (κ3) is 3.43. The molecule has 1 saturated heterocycles. The van der Waals surface area contributed by atoms with Crippen molar-refractivity contribution in [3.63, 3.8) is 0 Å². The van der Waals surface area contributed by atoms with E-state index < -0.39 is 0 Å². The van der Waals surface area contributed by atoms with Crippen molar-refractivity contribution in [1.82, 2.24) is 4.90 Å². The molecule has 1 aromatic rings. The Bertz CT molecular complexity index is 679. The number of rotatable bonds is 4. The molecule has 5 heteroatoms. The molecule has 3 unspecified atom stereocenters. The molecule has 1 N–H and O–H groups in total. The number of nitriles is 1. The Morgan fingerprint density at radius 3 is 2.92 bits per heavy atom. The van der Waals surface area contributed by atoms with Crippen molar-refractivity contribution in [3.05, 3.63) is 29.8 Å². The van der Waals surface area contributed by atoms with E-state index >= 15 is 0 Å². The summed E-state index contributed by atoms with van der Waals surface area (Å²) in [6.07, 6.45) is 4.94. The summed E-state index contributed by atoms with van der Waals surface area (Å²) in [6, 6.07) is 9.23. The van der Waals surface area contributed by atoms with E-state index in [1.807, 2.05) is 4.90 Å². The van der Waals surface area contributed by atoms with Gasteiger partial charge in [0.1, 0.15) is 0 Å². The van der Waals surface area contributed by atoms with E-state index in [0.717, 1.165) is 25.8 Å². The molecule has 2 aliphatic rings. The second kappa shape index (κ2) is 7.04. The molecule has 0 radical (unpaired) electrons. The molecule has 0 spiro atoms. The summed E-state index contributed by atoms with van der Waals surface area (Å²) in [4.78, 5) is 27.1. The Hall–Kier alpha value is -2.35. The van der Waals surface area contributed by atoms with E-state index in [0.29, 0.717) is 23.7 Å². The van der Waals surface area contributed by atoms with Crippen LogP contribution in [0.25, 0.3) is 0 Å². The van der Waals surface area contributed by atoms with Crippen molar-refractivity contribution in [1.29, 1.82) is 5.26 Å². The van der Waals surface area contributed by atoms with Gasteiger partial charge in [0, 0.05) is 18.3 Å². The Morgan fingerprint density at radius 2 is 2.17 bits per heavy atom. The fourth-order valence-electron chi connectivity index (χ4n) is 3.59. The Kier molecular flexibility index (Phi) is 4.84. The zero-order valence-corrected chi connectivity index (χ0v) is 14.0. The second-order valence-corrected chi connectivity index (χ2v) is 6.72. The first-order chi connectivity index (χ1) is 11.6. The summed E-state index contributed by atoms with van der Waals surface area (Å²) >= 11 is 0. The smallest absolute Gasteiger partial charge is 0.228 e. The molecule has 1 heterocycles. The van der Waals surface area contributed by atoms with Crippen LogP contribution in [-0.4, -0.2) is 29.3 Å². The summed E-state index contributed by atoms with van der Waals surface area (Å²) in [5, 5.41) is 11.7.